The van der Waals surface area contributed by atoms with Crippen LogP contribution in [0.25, 0.3) is 0 Å². The van der Waals surface area contributed by atoms with Crippen LogP contribution in [0.1, 0.15) is 0 Å². The summed E-state index contributed by atoms with van der Waals surface area (Å²) in [5.74, 6) is -6.08. The van der Waals surface area contributed by atoms with Crippen molar-refractivity contribution in [3.05, 3.63) is 24.3 Å². The van der Waals surface area contributed by atoms with E-state index in [1.54, 1.807) is 18.2 Å². The van der Waals surface area contributed by atoms with E-state index in [0.29, 0.717) is 10.6 Å². The first-order chi connectivity index (χ1) is 8.44. The Morgan fingerprint density at radius 2 is 2.00 bits per heavy atom. The van der Waals surface area contributed by atoms with Gasteiger partial charge in [0, 0.05) is 17.2 Å². The molecule has 18 heavy (non-hydrogen) atoms. The summed E-state index contributed by atoms with van der Waals surface area (Å²) in [6, 6.07) is 6.41. The Kier molecular flexibility index (Phi) is 3.52. The number of thioether (sulfide) groups is 1. The van der Waals surface area contributed by atoms with Crippen molar-refractivity contribution in [1.29, 1.82) is 0 Å². The Labute approximate surface area is 105 Å². The van der Waals surface area contributed by atoms with Gasteiger partial charge >= 0.3 is 18.3 Å². The number of para-hydroxylation sites is 1. The van der Waals surface area contributed by atoms with Crippen LogP contribution in [0.2, 0.25) is 0 Å². The van der Waals surface area contributed by atoms with Crippen LogP contribution in [0.5, 0.6) is 0 Å². The molecular weight excluding hydrogens is 270 g/mol. The maximum Gasteiger partial charge on any atom is 0.384 e. The normalized spacial score (nSPS) is 15.7. The SMILES string of the molecule is O=C(N1CCSc2ccccc21)C(F)(F)C(F)F. The topological polar surface area (TPSA) is 20.3 Å². The molecule has 2 rings (SSSR count). The molecule has 1 aromatic rings. The number of hydrogen-bond donors (Lipinski definition) is 0. The number of carbonyl (C=O) groups excluding carboxylic acids is 1. The summed E-state index contributed by atoms with van der Waals surface area (Å²) in [6.45, 7) is 0.00280. The zero-order valence-electron chi connectivity index (χ0n) is 9.08. The smallest absolute Gasteiger partial charge is 0.305 e. The van der Waals surface area contributed by atoms with Crippen molar-refractivity contribution >= 4 is 23.4 Å². The molecular formula is C11H9F4NOS. The van der Waals surface area contributed by atoms with Crippen molar-refractivity contribution in [2.24, 2.45) is 0 Å². The first-order valence-electron chi connectivity index (χ1n) is 5.14. The molecule has 2 nitrogen and oxygen atoms in total. The maximum atomic E-state index is 13.1. The fraction of sp³-hybridized carbons (Fsp3) is 0.364. The fourth-order valence-corrected chi connectivity index (χ4v) is 2.65. The second kappa shape index (κ2) is 4.79. The van der Waals surface area contributed by atoms with Crippen LogP contribution in [0.15, 0.2) is 29.2 Å². The third-order valence-electron chi connectivity index (χ3n) is 2.53. The molecule has 98 valence electrons. The highest BCUT2D eigenvalue weighted by Crippen LogP contribution is 2.37. The zero-order valence-corrected chi connectivity index (χ0v) is 9.89. The second-order valence-electron chi connectivity index (χ2n) is 3.70. The summed E-state index contributed by atoms with van der Waals surface area (Å²) in [4.78, 5) is 12.9. The van der Waals surface area contributed by atoms with Gasteiger partial charge in [-0.25, -0.2) is 8.78 Å². The van der Waals surface area contributed by atoms with Gasteiger partial charge in [-0.1, -0.05) is 12.1 Å². The summed E-state index contributed by atoms with van der Waals surface area (Å²) in [6.07, 6.45) is -3.99. The number of hydrogen-bond acceptors (Lipinski definition) is 2. The molecule has 0 unspecified atom stereocenters. The van der Waals surface area contributed by atoms with E-state index in [1.807, 2.05) is 0 Å². The highest BCUT2D eigenvalue weighted by Gasteiger charge is 2.52. The van der Waals surface area contributed by atoms with Crippen LogP contribution < -0.4 is 4.90 Å². The number of rotatable bonds is 2. The molecule has 0 saturated carbocycles. The third-order valence-corrected chi connectivity index (χ3v) is 3.58. The van der Waals surface area contributed by atoms with E-state index in [4.69, 9.17) is 0 Å². The Morgan fingerprint density at radius 3 is 2.67 bits per heavy atom. The molecule has 0 radical (unpaired) electrons. The van der Waals surface area contributed by atoms with Gasteiger partial charge in [0.15, 0.2) is 0 Å². The molecule has 0 aliphatic carbocycles. The lowest BCUT2D eigenvalue weighted by Gasteiger charge is -2.31. The highest BCUT2D eigenvalue weighted by molar-refractivity contribution is 7.99. The van der Waals surface area contributed by atoms with E-state index < -0.39 is 18.3 Å². The molecule has 0 fully saturated rings. The fourth-order valence-electron chi connectivity index (χ4n) is 1.65. The quantitative estimate of drug-likeness (QED) is 0.776. The number of benzene rings is 1. The van der Waals surface area contributed by atoms with Crippen molar-refractivity contribution in [1.82, 2.24) is 0 Å². The van der Waals surface area contributed by atoms with Crippen molar-refractivity contribution < 1.29 is 22.4 Å². The molecule has 7 heteroatoms. The second-order valence-corrected chi connectivity index (χ2v) is 4.83. The van der Waals surface area contributed by atoms with Crippen molar-refractivity contribution in [3.63, 3.8) is 0 Å². The van der Waals surface area contributed by atoms with Gasteiger partial charge < -0.3 is 4.90 Å². The van der Waals surface area contributed by atoms with Crippen LogP contribution in [0.4, 0.5) is 23.2 Å². The van der Waals surface area contributed by atoms with Crippen molar-refractivity contribution in [2.75, 3.05) is 17.2 Å². The summed E-state index contributed by atoms with van der Waals surface area (Å²) >= 11 is 1.40. The largest absolute Gasteiger partial charge is 0.384 e. The van der Waals surface area contributed by atoms with Gasteiger partial charge in [-0.05, 0) is 12.1 Å². The van der Waals surface area contributed by atoms with Gasteiger partial charge in [0.2, 0.25) is 0 Å². The lowest BCUT2D eigenvalue weighted by Crippen LogP contribution is -2.49. The van der Waals surface area contributed by atoms with E-state index in [0.717, 1.165) is 4.90 Å². The standard InChI is InChI=1S/C11H9F4NOS/c12-9(13)11(14,15)10(17)16-5-6-18-8-4-2-1-3-7(8)16/h1-4,9H,5-6H2. The van der Waals surface area contributed by atoms with Gasteiger partial charge in [0.1, 0.15) is 0 Å². The summed E-state index contributed by atoms with van der Waals surface area (Å²) in [5, 5.41) is 0. The predicted octanol–water partition coefficient (Wildman–Crippen LogP) is 3.03. The Hall–Kier alpha value is -1.24. The van der Waals surface area contributed by atoms with Crippen molar-refractivity contribution in [2.45, 2.75) is 17.2 Å². The first-order valence-corrected chi connectivity index (χ1v) is 6.13. The summed E-state index contributed by atoms with van der Waals surface area (Å²) < 4.78 is 50.5. The van der Waals surface area contributed by atoms with Crippen molar-refractivity contribution in [3.8, 4) is 0 Å². The molecule has 1 aliphatic heterocycles. The van der Waals surface area contributed by atoms with Gasteiger partial charge in [-0.3, -0.25) is 4.79 Å². The lowest BCUT2D eigenvalue weighted by atomic mass is 10.2. The average Bonchev–Trinajstić information content (AvgIpc) is 2.37. The van der Waals surface area contributed by atoms with E-state index >= 15 is 0 Å². The molecule has 0 N–H and O–H groups in total. The molecule has 0 bridgehead atoms. The van der Waals surface area contributed by atoms with E-state index in [-0.39, 0.29) is 12.2 Å². The molecule has 0 saturated heterocycles. The third kappa shape index (κ3) is 2.19. The minimum atomic E-state index is -4.64. The molecule has 1 aromatic carbocycles. The number of carbonyl (C=O) groups is 1. The van der Waals surface area contributed by atoms with Crippen LogP contribution in [0, 0.1) is 0 Å². The minimum Gasteiger partial charge on any atom is -0.305 e. The highest BCUT2D eigenvalue weighted by atomic mass is 32.2. The number of anilines is 1. The Morgan fingerprint density at radius 1 is 1.33 bits per heavy atom. The van der Waals surface area contributed by atoms with E-state index in [9.17, 15) is 22.4 Å². The Balaban J connectivity index is 2.34. The van der Waals surface area contributed by atoms with Crippen LogP contribution >= 0.6 is 11.8 Å². The number of nitrogens with zero attached hydrogens (tertiary/aromatic N) is 1. The van der Waals surface area contributed by atoms with Gasteiger partial charge in [-0.2, -0.15) is 8.78 Å². The van der Waals surface area contributed by atoms with Gasteiger partial charge in [-0.15, -0.1) is 11.8 Å². The molecule has 1 heterocycles. The lowest BCUT2D eigenvalue weighted by molar-refractivity contribution is -0.166. The van der Waals surface area contributed by atoms with Crippen LogP contribution in [-0.4, -0.2) is 30.6 Å². The zero-order chi connectivity index (χ0) is 13.3. The maximum absolute atomic E-state index is 13.1. The van der Waals surface area contributed by atoms with E-state index in [2.05, 4.69) is 0 Å². The Bertz CT molecular complexity index is 466. The van der Waals surface area contributed by atoms with Crippen LogP contribution in [0.3, 0.4) is 0 Å². The average molecular weight is 279 g/mol. The number of alkyl halides is 4. The van der Waals surface area contributed by atoms with Gasteiger partial charge in [0.25, 0.3) is 0 Å². The summed E-state index contributed by atoms with van der Waals surface area (Å²) in [5.41, 5.74) is 0.263. The molecule has 0 atom stereocenters. The molecule has 1 amide bonds. The minimum absolute atomic E-state index is 0.00280. The monoisotopic (exact) mass is 279 g/mol. The van der Waals surface area contributed by atoms with E-state index in [1.165, 1.54) is 17.8 Å². The molecule has 0 aromatic heterocycles. The molecule has 0 spiro atoms. The number of fused-ring (bicyclic) bond motifs is 1. The molecule has 1 aliphatic rings. The first kappa shape index (κ1) is 13.2. The number of amides is 1. The number of halogens is 4. The van der Waals surface area contributed by atoms with Crippen LogP contribution in [-0.2, 0) is 4.79 Å². The van der Waals surface area contributed by atoms with Gasteiger partial charge in [0.05, 0.1) is 5.69 Å². The predicted molar refractivity (Wildman–Crippen MR) is 60.5 cm³/mol. The summed E-state index contributed by atoms with van der Waals surface area (Å²) in [7, 11) is 0.